The van der Waals surface area contributed by atoms with Crippen LogP contribution in [0.5, 0.6) is 0 Å². The fraction of sp³-hybridized carbons (Fsp3) is 0. The van der Waals surface area contributed by atoms with E-state index in [2.05, 4.69) is 4.99 Å². The van der Waals surface area contributed by atoms with E-state index in [1.165, 1.54) is 6.26 Å². The van der Waals surface area contributed by atoms with E-state index in [0.29, 0.717) is 11.7 Å². The molecule has 0 bridgehead atoms. The molecule has 0 atom stereocenters. The Morgan fingerprint density at radius 1 is 1.06 bits per heavy atom. The quantitative estimate of drug-likeness (QED) is 0.598. The molecular formula is C14H9NO3. The molecule has 0 N–H and O–H groups in total. The Morgan fingerprint density at radius 3 is 2.61 bits per heavy atom. The zero-order valence-electron chi connectivity index (χ0n) is 9.37. The van der Waals surface area contributed by atoms with Gasteiger partial charge in [0.05, 0.1) is 6.26 Å². The van der Waals surface area contributed by atoms with Crippen LogP contribution < -0.4 is 0 Å². The molecule has 2 heterocycles. The molecule has 1 aromatic carbocycles. The molecule has 0 amide bonds. The normalized spacial score (nSPS) is 16.8. The summed E-state index contributed by atoms with van der Waals surface area (Å²) in [6.07, 6.45) is 3.09. The first-order valence-electron chi connectivity index (χ1n) is 5.44. The molecule has 18 heavy (non-hydrogen) atoms. The number of cyclic esters (lactones) is 1. The van der Waals surface area contributed by atoms with Gasteiger partial charge in [-0.2, -0.15) is 0 Å². The van der Waals surface area contributed by atoms with Gasteiger partial charge >= 0.3 is 5.97 Å². The number of carbonyl (C=O) groups is 1. The van der Waals surface area contributed by atoms with E-state index in [4.69, 9.17) is 9.15 Å². The Balaban J connectivity index is 1.95. The van der Waals surface area contributed by atoms with Crippen molar-refractivity contribution < 1.29 is 13.9 Å². The molecule has 4 nitrogen and oxygen atoms in total. The maximum Gasteiger partial charge on any atom is 0.363 e. The lowest BCUT2D eigenvalue weighted by molar-refractivity contribution is -0.129. The van der Waals surface area contributed by atoms with E-state index in [1.54, 1.807) is 18.2 Å². The fourth-order valence-electron chi connectivity index (χ4n) is 1.62. The summed E-state index contributed by atoms with van der Waals surface area (Å²) < 4.78 is 10.2. The smallest absolute Gasteiger partial charge is 0.363 e. The number of hydrogen-bond acceptors (Lipinski definition) is 4. The lowest BCUT2D eigenvalue weighted by atomic mass is 10.2. The molecule has 2 aromatic rings. The Hall–Kier alpha value is -2.62. The number of hydrogen-bond donors (Lipinski definition) is 0. The molecule has 0 saturated carbocycles. The van der Waals surface area contributed by atoms with Crippen LogP contribution in [0.15, 0.2) is 63.8 Å². The van der Waals surface area contributed by atoms with Gasteiger partial charge < -0.3 is 9.15 Å². The van der Waals surface area contributed by atoms with Crippen molar-refractivity contribution >= 4 is 17.9 Å². The van der Waals surface area contributed by atoms with Crippen LogP contribution in [0.25, 0.3) is 6.08 Å². The highest BCUT2D eigenvalue weighted by Gasteiger charge is 2.24. The number of furan rings is 1. The molecule has 1 aliphatic heterocycles. The van der Waals surface area contributed by atoms with Gasteiger partial charge in [0.25, 0.3) is 0 Å². The van der Waals surface area contributed by atoms with Crippen molar-refractivity contribution in [1.29, 1.82) is 0 Å². The van der Waals surface area contributed by atoms with Crippen molar-refractivity contribution in [3.63, 3.8) is 0 Å². The molecule has 88 valence electrons. The molecule has 0 unspecified atom stereocenters. The molecule has 0 saturated heterocycles. The number of aliphatic imine (C=N–C) groups is 1. The number of benzene rings is 1. The second kappa shape index (κ2) is 4.33. The largest absolute Gasteiger partial charge is 0.465 e. The van der Waals surface area contributed by atoms with Gasteiger partial charge in [-0.15, -0.1) is 0 Å². The highest BCUT2D eigenvalue weighted by Crippen LogP contribution is 2.18. The number of rotatable bonds is 2. The highest BCUT2D eigenvalue weighted by molar-refractivity contribution is 6.12. The molecule has 0 aliphatic carbocycles. The van der Waals surface area contributed by atoms with Crippen molar-refractivity contribution in [2.24, 2.45) is 4.99 Å². The third-order valence-corrected chi connectivity index (χ3v) is 2.46. The lowest BCUT2D eigenvalue weighted by Gasteiger charge is -1.97. The van der Waals surface area contributed by atoms with E-state index >= 15 is 0 Å². The first-order chi connectivity index (χ1) is 8.83. The van der Waals surface area contributed by atoms with Crippen LogP contribution in [0.1, 0.15) is 11.3 Å². The molecule has 1 aliphatic rings. The lowest BCUT2D eigenvalue weighted by Crippen LogP contribution is -2.04. The molecule has 0 fully saturated rings. The monoisotopic (exact) mass is 239 g/mol. The summed E-state index contributed by atoms with van der Waals surface area (Å²) in [6.45, 7) is 0. The van der Waals surface area contributed by atoms with E-state index in [0.717, 1.165) is 5.56 Å². The standard InChI is InChI=1S/C14H9NO3/c16-14-12(9-11-7-4-8-17-11)15-13(18-14)10-5-2-1-3-6-10/h1-9H. The Kier molecular flexibility index (Phi) is 2.53. The third-order valence-electron chi connectivity index (χ3n) is 2.46. The number of esters is 1. The molecule has 3 rings (SSSR count). The first-order valence-corrected chi connectivity index (χ1v) is 5.44. The van der Waals surface area contributed by atoms with Crippen molar-refractivity contribution in [2.75, 3.05) is 0 Å². The number of nitrogens with zero attached hydrogens (tertiary/aromatic N) is 1. The van der Waals surface area contributed by atoms with Crippen LogP contribution in [-0.2, 0) is 9.53 Å². The van der Waals surface area contributed by atoms with Crippen LogP contribution in [0.2, 0.25) is 0 Å². The van der Waals surface area contributed by atoms with Crippen LogP contribution in [0, 0.1) is 0 Å². The number of carbonyl (C=O) groups excluding carboxylic acids is 1. The fourth-order valence-corrected chi connectivity index (χ4v) is 1.62. The maximum atomic E-state index is 11.6. The minimum Gasteiger partial charge on any atom is -0.465 e. The zero-order valence-corrected chi connectivity index (χ0v) is 9.37. The first kappa shape index (κ1) is 10.5. The van der Waals surface area contributed by atoms with Crippen molar-refractivity contribution in [2.45, 2.75) is 0 Å². The number of ether oxygens (including phenoxy) is 1. The van der Waals surface area contributed by atoms with Gasteiger partial charge in [-0.1, -0.05) is 18.2 Å². The van der Waals surface area contributed by atoms with Gasteiger partial charge in [0, 0.05) is 11.6 Å². The van der Waals surface area contributed by atoms with Crippen LogP contribution >= 0.6 is 0 Å². The zero-order chi connectivity index (χ0) is 12.4. The topological polar surface area (TPSA) is 51.8 Å². The molecule has 1 aromatic heterocycles. The minimum absolute atomic E-state index is 0.240. The minimum atomic E-state index is -0.467. The van der Waals surface area contributed by atoms with Crippen LogP contribution in [0.4, 0.5) is 0 Å². The van der Waals surface area contributed by atoms with E-state index < -0.39 is 5.97 Å². The summed E-state index contributed by atoms with van der Waals surface area (Å²) in [7, 11) is 0. The van der Waals surface area contributed by atoms with Crippen molar-refractivity contribution in [1.82, 2.24) is 0 Å². The van der Waals surface area contributed by atoms with Crippen LogP contribution in [-0.4, -0.2) is 11.9 Å². The summed E-state index contributed by atoms with van der Waals surface area (Å²) in [5.74, 6) is 0.420. The van der Waals surface area contributed by atoms with Gasteiger partial charge in [0.2, 0.25) is 5.90 Å². The predicted octanol–water partition coefficient (Wildman–Crippen LogP) is 2.62. The van der Waals surface area contributed by atoms with Gasteiger partial charge in [0.15, 0.2) is 5.70 Å². The van der Waals surface area contributed by atoms with E-state index in [9.17, 15) is 4.79 Å². The summed E-state index contributed by atoms with van der Waals surface area (Å²) >= 11 is 0. The maximum absolute atomic E-state index is 11.6. The third kappa shape index (κ3) is 1.96. The second-order valence-electron chi connectivity index (χ2n) is 3.72. The van der Waals surface area contributed by atoms with E-state index in [-0.39, 0.29) is 5.70 Å². The van der Waals surface area contributed by atoms with Crippen molar-refractivity contribution in [3.05, 3.63) is 65.7 Å². The summed E-state index contributed by atoms with van der Waals surface area (Å²) in [5.41, 5.74) is 1.01. The van der Waals surface area contributed by atoms with Gasteiger partial charge in [0.1, 0.15) is 5.76 Å². The van der Waals surface area contributed by atoms with Gasteiger partial charge in [-0.05, 0) is 24.3 Å². The SMILES string of the molecule is O=C1OC(c2ccccc2)=NC1=Cc1ccco1. The van der Waals surface area contributed by atoms with Gasteiger partial charge in [-0.25, -0.2) is 9.79 Å². The van der Waals surface area contributed by atoms with E-state index in [1.807, 2.05) is 30.3 Å². The highest BCUT2D eigenvalue weighted by atomic mass is 16.6. The van der Waals surface area contributed by atoms with Gasteiger partial charge in [-0.3, -0.25) is 0 Å². The predicted molar refractivity (Wildman–Crippen MR) is 65.8 cm³/mol. The van der Waals surface area contributed by atoms with Crippen molar-refractivity contribution in [3.8, 4) is 0 Å². The summed E-state index contributed by atoms with van der Waals surface area (Å²) in [4.78, 5) is 15.8. The summed E-state index contributed by atoms with van der Waals surface area (Å²) in [5, 5.41) is 0. The Labute approximate surface area is 103 Å². The molecule has 4 heteroatoms. The molecular weight excluding hydrogens is 230 g/mol. The Bertz CT molecular complexity index is 624. The second-order valence-corrected chi connectivity index (χ2v) is 3.72. The molecule has 0 spiro atoms. The average Bonchev–Trinajstić information content (AvgIpc) is 3.02. The summed E-state index contributed by atoms with van der Waals surface area (Å²) in [6, 6.07) is 12.8. The average molecular weight is 239 g/mol. The van der Waals surface area contributed by atoms with Crippen LogP contribution in [0.3, 0.4) is 0 Å². The molecule has 0 radical (unpaired) electrons. The Morgan fingerprint density at radius 2 is 1.89 bits per heavy atom.